The van der Waals surface area contributed by atoms with Gasteiger partial charge in [0, 0.05) is 25.3 Å². The van der Waals surface area contributed by atoms with Crippen LogP contribution in [0.4, 0.5) is 20.7 Å². The van der Waals surface area contributed by atoms with Crippen LogP contribution in [0.25, 0.3) is 11.1 Å². The van der Waals surface area contributed by atoms with Crippen LogP contribution in [0.15, 0.2) is 42.6 Å². The van der Waals surface area contributed by atoms with Crippen molar-refractivity contribution in [2.45, 2.75) is 19.2 Å². The monoisotopic (exact) mass is 457 g/mol. The number of aromatic nitrogens is 3. The van der Waals surface area contributed by atoms with Crippen LogP contribution < -0.4 is 9.80 Å². The number of halogens is 1. The van der Waals surface area contributed by atoms with E-state index < -0.39 is 26.0 Å². The lowest BCUT2D eigenvalue weighted by molar-refractivity contribution is 0.108. The van der Waals surface area contributed by atoms with Gasteiger partial charge in [-0.15, -0.1) is 5.10 Å². The van der Waals surface area contributed by atoms with Crippen LogP contribution in [0, 0.1) is 5.82 Å². The Hall–Kier alpha value is -3.23. The Morgan fingerprint density at radius 1 is 1.25 bits per heavy atom. The largest absolute Gasteiger partial charge is 0.441 e. The number of cyclic esters (lactones) is 1. The lowest BCUT2D eigenvalue weighted by Gasteiger charge is -2.15. The number of hydrogen-bond donors (Lipinski definition) is 1. The van der Waals surface area contributed by atoms with E-state index in [0.29, 0.717) is 17.8 Å². The third-order valence-corrected chi connectivity index (χ3v) is 6.17. The van der Waals surface area contributed by atoms with Crippen LogP contribution >= 0.6 is 8.03 Å². The summed E-state index contributed by atoms with van der Waals surface area (Å²) in [7, 11) is -2.11. The van der Waals surface area contributed by atoms with Crippen molar-refractivity contribution in [1.29, 1.82) is 0 Å². The lowest BCUT2D eigenvalue weighted by Crippen LogP contribution is -2.25. The van der Waals surface area contributed by atoms with E-state index >= 15 is 4.39 Å². The predicted molar refractivity (Wildman–Crippen MR) is 117 cm³/mol. The van der Waals surface area contributed by atoms with Gasteiger partial charge in [-0.3, -0.25) is 9.46 Å². The number of fused-ring (bicyclic) bond motifs is 1. The molecular formula is C21H21FN5O4P. The number of carbonyl (C=O) groups is 1. The molecule has 0 aliphatic carbocycles. The number of hydrogen-bond acceptors (Lipinski definition) is 7. The van der Waals surface area contributed by atoms with Gasteiger partial charge >= 0.3 is 6.09 Å². The van der Waals surface area contributed by atoms with E-state index in [9.17, 15) is 9.36 Å². The number of aromatic amines is 1. The Labute approximate surface area is 184 Å². The fourth-order valence-electron chi connectivity index (χ4n) is 4.01. The third-order valence-electron chi connectivity index (χ3n) is 5.59. The minimum Gasteiger partial charge on any atom is -0.441 e. The molecule has 2 aliphatic heterocycles. The number of amides is 1. The van der Waals surface area contributed by atoms with Crippen LogP contribution in [0.3, 0.4) is 0 Å². The maximum atomic E-state index is 15.0. The molecule has 9 nitrogen and oxygen atoms in total. The van der Waals surface area contributed by atoms with Gasteiger partial charge in [-0.1, -0.05) is 17.3 Å². The molecule has 0 radical (unpaired) electrons. The highest BCUT2D eigenvalue weighted by molar-refractivity contribution is 7.38. The van der Waals surface area contributed by atoms with E-state index in [4.69, 9.17) is 9.26 Å². The van der Waals surface area contributed by atoms with Gasteiger partial charge in [0.05, 0.1) is 25.0 Å². The second kappa shape index (κ2) is 8.37. The molecule has 1 saturated heterocycles. The smallest absolute Gasteiger partial charge is 0.414 e. The van der Waals surface area contributed by atoms with Crippen LogP contribution in [-0.2, 0) is 26.9 Å². The normalized spacial score (nSPS) is 18.7. The number of anilines is 2. The first-order valence-corrected chi connectivity index (χ1v) is 11.9. The van der Waals surface area contributed by atoms with Gasteiger partial charge < -0.3 is 14.2 Å². The van der Waals surface area contributed by atoms with Crippen molar-refractivity contribution in [1.82, 2.24) is 15.4 Å². The molecule has 1 aromatic heterocycles. The van der Waals surface area contributed by atoms with Gasteiger partial charge in [0.25, 0.3) is 0 Å². The molecule has 166 valence electrons. The molecule has 0 bridgehead atoms. The summed E-state index contributed by atoms with van der Waals surface area (Å²) in [5, 5.41) is 10.4. The average Bonchev–Trinajstić information content (AvgIpc) is 3.51. The zero-order valence-corrected chi connectivity index (χ0v) is 18.2. The number of benzene rings is 2. The highest BCUT2D eigenvalue weighted by Gasteiger charge is 2.33. The van der Waals surface area contributed by atoms with Gasteiger partial charge in [-0.05, 0) is 41.0 Å². The van der Waals surface area contributed by atoms with Crippen molar-refractivity contribution in [2.75, 3.05) is 29.6 Å². The molecule has 0 saturated carbocycles. The molecule has 32 heavy (non-hydrogen) atoms. The molecule has 1 N–H and O–H groups in total. The van der Waals surface area contributed by atoms with Crippen LogP contribution in [0.2, 0.25) is 0 Å². The number of ether oxygens (including phenoxy) is 1. The molecular weight excluding hydrogens is 436 g/mol. The number of rotatable bonds is 6. The van der Waals surface area contributed by atoms with Crippen LogP contribution in [0.1, 0.15) is 11.1 Å². The molecule has 11 heteroatoms. The molecule has 3 heterocycles. The number of nitrogens with zero attached hydrogens (tertiary/aromatic N) is 4. The third kappa shape index (κ3) is 3.99. The molecule has 3 aromatic rings. The first-order chi connectivity index (χ1) is 15.5. The highest BCUT2D eigenvalue weighted by Crippen LogP contribution is 2.33. The van der Waals surface area contributed by atoms with E-state index in [-0.39, 0.29) is 13.2 Å². The molecule has 2 aliphatic rings. The van der Waals surface area contributed by atoms with Gasteiger partial charge in [-0.2, -0.15) is 0 Å². The molecule has 0 spiro atoms. The predicted octanol–water partition coefficient (Wildman–Crippen LogP) is 3.58. The van der Waals surface area contributed by atoms with E-state index in [0.717, 1.165) is 23.5 Å². The number of nitrogens with one attached hydrogen (secondary N) is 1. The van der Waals surface area contributed by atoms with Gasteiger partial charge in [-0.25, -0.2) is 14.3 Å². The first kappa shape index (κ1) is 20.7. The topological polar surface area (TPSA) is 101 Å². The minimum absolute atomic E-state index is 0.0534. The standard InChI is InChI=1S/C21H21FN5O4P/c1-32(29)30-12-17-11-27(21(28)31-17)16-4-5-18(19(22)7-16)13-2-3-14-9-26(10-15(14)6-13)20-8-23-25-24-20/h2-8,17,32H,9-12H2,1H3,(H,23,24,25)/t17-/m1/s1. The first-order valence-electron chi connectivity index (χ1n) is 10.1. The maximum absolute atomic E-state index is 15.0. The molecule has 1 unspecified atom stereocenters. The Morgan fingerprint density at radius 2 is 2.09 bits per heavy atom. The Balaban J connectivity index is 1.33. The Kier molecular flexibility index (Phi) is 5.40. The molecule has 5 rings (SSSR count). The van der Waals surface area contributed by atoms with Crippen molar-refractivity contribution < 1.29 is 23.0 Å². The van der Waals surface area contributed by atoms with Crippen molar-refractivity contribution in [3.63, 3.8) is 0 Å². The highest BCUT2D eigenvalue weighted by atomic mass is 31.1. The van der Waals surface area contributed by atoms with Crippen molar-refractivity contribution in [2.24, 2.45) is 0 Å². The summed E-state index contributed by atoms with van der Waals surface area (Å²) in [6.45, 7) is 3.15. The number of carbonyl (C=O) groups excluding carboxylic acids is 1. The molecule has 2 atom stereocenters. The van der Waals surface area contributed by atoms with Crippen LogP contribution in [-0.4, -0.2) is 47.4 Å². The van der Waals surface area contributed by atoms with E-state index in [2.05, 4.69) is 20.3 Å². The fourth-order valence-corrected chi connectivity index (χ4v) is 4.43. The van der Waals surface area contributed by atoms with E-state index in [1.54, 1.807) is 18.3 Å². The molecule has 1 amide bonds. The van der Waals surface area contributed by atoms with E-state index in [1.807, 2.05) is 18.2 Å². The Morgan fingerprint density at radius 3 is 2.84 bits per heavy atom. The SMILES string of the molecule is C[PH](=O)OC[C@H]1CN(c2ccc(-c3ccc4c(c3)CN(c3cnn[nH]3)C4)c(F)c2)C(=O)O1. The van der Waals surface area contributed by atoms with Crippen molar-refractivity contribution in [3.8, 4) is 11.1 Å². The van der Waals surface area contributed by atoms with Crippen molar-refractivity contribution >= 4 is 25.6 Å². The summed E-state index contributed by atoms with van der Waals surface area (Å²) in [5.74, 6) is 0.409. The summed E-state index contributed by atoms with van der Waals surface area (Å²) >= 11 is 0. The minimum atomic E-state index is -2.11. The maximum Gasteiger partial charge on any atom is 0.414 e. The summed E-state index contributed by atoms with van der Waals surface area (Å²) in [5.41, 5.74) is 3.91. The number of H-pyrrole nitrogens is 1. The zero-order chi connectivity index (χ0) is 22.2. The van der Waals surface area contributed by atoms with Gasteiger partial charge in [0.15, 0.2) is 8.03 Å². The summed E-state index contributed by atoms with van der Waals surface area (Å²) in [6.07, 6.45) is 0.560. The van der Waals surface area contributed by atoms with Crippen molar-refractivity contribution in [3.05, 3.63) is 59.5 Å². The average molecular weight is 457 g/mol. The summed E-state index contributed by atoms with van der Waals surface area (Å²) < 4.78 is 36.5. The van der Waals surface area contributed by atoms with Gasteiger partial charge in [0.1, 0.15) is 17.7 Å². The van der Waals surface area contributed by atoms with E-state index in [1.165, 1.54) is 23.2 Å². The quantitative estimate of drug-likeness (QED) is 0.565. The molecule has 2 aromatic carbocycles. The second-order valence-corrected chi connectivity index (χ2v) is 9.04. The Bertz CT molecular complexity index is 1190. The van der Waals surface area contributed by atoms with Gasteiger partial charge in [0.2, 0.25) is 0 Å². The van der Waals surface area contributed by atoms with Crippen LogP contribution in [0.5, 0.6) is 0 Å². The molecule has 1 fully saturated rings. The summed E-state index contributed by atoms with van der Waals surface area (Å²) in [4.78, 5) is 15.7. The second-order valence-electron chi connectivity index (χ2n) is 7.76. The summed E-state index contributed by atoms with van der Waals surface area (Å²) in [6, 6.07) is 10.6. The lowest BCUT2D eigenvalue weighted by atomic mass is 10.00. The zero-order valence-electron chi connectivity index (χ0n) is 17.2. The fraction of sp³-hybridized carbons (Fsp3) is 0.286.